The molecule has 4 heterocycles. The van der Waals surface area contributed by atoms with Crippen LogP contribution in [0.4, 0.5) is 0 Å². The zero-order valence-electron chi connectivity index (χ0n) is 15.6. The second-order valence-electron chi connectivity index (χ2n) is 8.04. The number of aromatic nitrogens is 1. The highest BCUT2D eigenvalue weighted by Gasteiger charge is 2.47. The van der Waals surface area contributed by atoms with Crippen molar-refractivity contribution in [1.29, 1.82) is 0 Å². The van der Waals surface area contributed by atoms with Crippen molar-refractivity contribution in [2.75, 3.05) is 0 Å². The van der Waals surface area contributed by atoms with Crippen LogP contribution in [0.1, 0.15) is 57.2 Å². The number of hydrogen-bond acceptors (Lipinski definition) is 5. The molecule has 0 spiro atoms. The Morgan fingerprint density at radius 2 is 1.90 bits per heavy atom. The van der Waals surface area contributed by atoms with Crippen LogP contribution in [0.3, 0.4) is 0 Å². The van der Waals surface area contributed by atoms with E-state index in [-0.39, 0.29) is 16.4 Å². The van der Waals surface area contributed by atoms with Gasteiger partial charge in [-0.15, -0.1) is 11.3 Å². The van der Waals surface area contributed by atoms with E-state index in [9.17, 15) is 18.7 Å². The number of carbonyl (C=O) groups is 2. The van der Waals surface area contributed by atoms with Crippen LogP contribution in [-0.2, 0) is 0 Å². The predicted octanol–water partition coefficient (Wildman–Crippen LogP) is 4.97. The van der Waals surface area contributed by atoms with Gasteiger partial charge in [-0.2, -0.15) is 10.6 Å². The van der Waals surface area contributed by atoms with Gasteiger partial charge in [0.15, 0.2) is 6.29 Å². The second kappa shape index (κ2) is 6.70. The van der Waals surface area contributed by atoms with Gasteiger partial charge in [-0.1, -0.05) is 0 Å². The third-order valence-electron chi connectivity index (χ3n) is 6.48. The summed E-state index contributed by atoms with van der Waals surface area (Å²) < 4.78 is 21.0. The number of carbonyl (C=O) groups excluding carboxylic acids is 2. The van der Waals surface area contributed by atoms with E-state index in [2.05, 4.69) is 4.98 Å². The van der Waals surface area contributed by atoms with Crippen molar-refractivity contribution in [2.24, 2.45) is 5.73 Å². The van der Waals surface area contributed by atoms with E-state index >= 15 is 0 Å². The van der Waals surface area contributed by atoms with Crippen LogP contribution >= 0.6 is 21.9 Å². The number of fused-ring (bicyclic) bond motifs is 3. The normalized spacial score (nSPS) is 26.5. The van der Waals surface area contributed by atoms with E-state index in [1.54, 1.807) is 6.07 Å². The molecule has 2 fully saturated rings. The fourth-order valence-electron chi connectivity index (χ4n) is 5.01. The van der Waals surface area contributed by atoms with E-state index in [1.807, 2.05) is 23.7 Å². The summed E-state index contributed by atoms with van der Waals surface area (Å²) in [5, 5.41) is 2.76. The largest absolute Gasteiger partial charge is 0.366 e. The molecule has 2 unspecified atom stereocenters. The summed E-state index contributed by atoms with van der Waals surface area (Å²) in [6.45, 7) is 0. The van der Waals surface area contributed by atoms with Gasteiger partial charge in [0.1, 0.15) is 0 Å². The van der Waals surface area contributed by atoms with Gasteiger partial charge in [0.05, 0.1) is 16.0 Å². The Bertz CT molecular complexity index is 1120. The SMILES string of the molecule is NC(=O)c1cc(-c2csc(C=O)c2)cc2c(C3CC4CCC(C3)S4(O)O)c[nH]c12. The maximum absolute atomic E-state index is 12.1. The molecule has 3 aromatic rings. The van der Waals surface area contributed by atoms with Crippen LogP contribution in [0.15, 0.2) is 29.8 Å². The number of H-pyrrole nitrogens is 1. The lowest BCUT2D eigenvalue weighted by Crippen LogP contribution is -2.28. The van der Waals surface area contributed by atoms with E-state index in [0.717, 1.165) is 54.0 Å². The summed E-state index contributed by atoms with van der Waals surface area (Å²) in [6, 6.07) is 5.62. The zero-order valence-corrected chi connectivity index (χ0v) is 17.3. The second-order valence-corrected chi connectivity index (χ2v) is 11.6. The number of nitrogens with one attached hydrogen (secondary N) is 1. The van der Waals surface area contributed by atoms with Crippen molar-refractivity contribution in [2.45, 2.75) is 42.1 Å². The molecule has 0 aliphatic carbocycles. The summed E-state index contributed by atoms with van der Waals surface area (Å²) in [5.41, 5.74) is 9.62. The number of aldehydes is 1. The molecule has 2 atom stereocenters. The predicted molar refractivity (Wildman–Crippen MR) is 117 cm³/mol. The topological polar surface area (TPSA) is 116 Å². The number of benzene rings is 1. The van der Waals surface area contributed by atoms with Crippen molar-refractivity contribution in [1.82, 2.24) is 4.98 Å². The van der Waals surface area contributed by atoms with E-state index in [0.29, 0.717) is 16.0 Å². The van der Waals surface area contributed by atoms with Crippen molar-refractivity contribution in [3.63, 3.8) is 0 Å². The van der Waals surface area contributed by atoms with Gasteiger partial charge >= 0.3 is 0 Å². The third-order valence-corrected chi connectivity index (χ3v) is 10.2. The zero-order chi connectivity index (χ0) is 20.3. The Hall–Kier alpha value is -2.13. The van der Waals surface area contributed by atoms with Gasteiger partial charge in [0.2, 0.25) is 0 Å². The first-order chi connectivity index (χ1) is 13.9. The maximum atomic E-state index is 12.1. The van der Waals surface area contributed by atoms with Gasteiger partial charge in [0.25, 0.3) is 5.91 Å². The highest BCUT2D eigenvalue weighted by molar-refractivity contribution is 8.25. The standard InChI is InChI=1S/C21H22N2O4S2/c22-21(25)18-7-11(13-3-14(9-24)28-10-13)6-17-19(8-23-20(17)18)12-4-15-1-2-16(5-12)29(15,26)27/h3,6-10,12,15-16,23,26-27H,1-2,4-5H2,(H2,22,25). The number of aromatic amines is 1. The molecule has 152 valence electrons. The number of primary amides is 1. The Balaban J connectivity index is 1.62. The highest BCUT2D eigenvalue weighted by atomic mass is 32.3. The summed E-state index contributed by atoms with van der Waals surface area (Å²) >= 11 is 1.36. The highest BCUT2D eigenvalue weighted by Crippen LogP contribution is 2.66. The van der Waals surface area contributed by atoms with Crippen molar-refractivity contribution in [3.05, 3.63) is 45.8 Å². The molecule has 1 amide bonds. The molecular formula is C21H22N2O4S2. The molecule has 2 bridgehead atoms. The van der Waals surface area contributed by atoms with Crippen LogP contribution < -0.4 is 5.73 Å². The molecule has 8 heteroatoms. The molecule has 0 radical (unpaired) electrons. The van der Waals surface area contributed by atoms with Gasteiger partial charge < -0.3 is 10.7 Å². The lowest BCUT2D eigenvalue weighted by molar-refractivity contribution is 0.100. The Kier molecular flexibility index (Phi) is 4.36. The van der Waals surface area contributed by atoms with E-state index < -0.39 is 16.5 Å². The fourth-order valence-corrected chi connectivity index (χ4v) is 8.27. The molecule has 5 N–H and O–H groups in total. The summed E-state index contributed by atoms with van der Waals surface area (Å²) in [4.78, 5) is 27.1. The van der Waals surface area contributed by atoms with Gasteiger partial charge in [-0.25, -0.2) is 0 Å². The maximum Gasteiger partial charge on any atom is 0.250 e. The number of thiophene rings is 1. The monoisotopic (exact) mass is 430 g/mol. The van der Waals surface area contributed by atoms with Crippen LogP contribution in [0, 0.1) is 0 Å². The van der Waals surface area contributed by atoms with E-state index in [4.69, 9.17) is 5.73 Å². The smallest absolute Gasteiger partial charge is 0.250 e. The van der Waals surface area contributed by atoms with Gasteiger partial charge in [-0.05, 0) is 71.9 Å². The average Bonchev–Trinajstić information content (AvgIpc) is 3.35. The first-order valence-electron chi connectivity index (χ1n) is 9.63. The molecule has 6 nitrogen and oxygen atoms in total. The number of amides is 1. The van der Waals surface area contributed by atoms with Crippen LogP contribution in [-0.4, -0.2) is 36.8 Å². The minimum Gasteiger partial charge on any atom is -0.366 e. The Morgan fingerprint density at radius 3 is 2.52 bits per heavy atom. The van der Waals surface area contributed by atoms with Crippen molar-refractivity contribution in [3.8, 4) is 11.1 Å². The van der Waals surface area contributed by atoms with Gasteiger partial charge in [-0.3, -0.25) is 18.7 Å². The quantitative estimate of drug-likeness (QED) is 0.437. The molecule has 1 aromatic carbocycles. The van der Waals surface area contributed by atoms with E-state index in [1.165, 1.54) is 11.3 Å². The first-order valence-corrected chi connectivity index (χ1v) is 12.2. The van der Waals surface area contributed by atoms with Crippen LogP contribution in [0.2, 0.25) is 0 Å². The average molecular weight is 431 g/mol. The fraction of sp³-hybridized carbons (Fsp3) is 0.333. The number of rotatable bonds is 4. The molecule has 2 saturated heterocycles. The lowest BCUT2D eigenvalue weighted by Gasteiger charge is -2.46. The Labute approximate surface area is 173 Å². The van der Waals surface area contributed by atoms with Crippen molar-refractivity contribution < 1.29 is 18.7 Å². The van der Waals surface area contributed by atoms with Crippen LogP contribution in [0.25, 0.3) is 22.0 Å². The number of hydrogen-bond donors (Lipinski definition) is 4. The third kappa shape index (κ3) is 2.93. The summed E-state index contributed by atoms with van der Waals surface area (Å²) in [6.07, 6.45) is 5.98. The molecule has 2 aromatic heterocycles. The molecule has 2 aliphatic heterocycles. The Morgan fingerprint density at radius 1 is 1.17 bits per heavy atom. The van der Waals surface area contributed by atoms with Crippen LogP contribution in [0.5, 0.6) is 0 Å². The summed E-state index contributed by atoms with van der Waals surface area (Å²) in [7, 11) is -2.50. The minimum atomic E-state index is -2.50. The summed E-state index contributed by atoms with van der Waals surface area (Å²) in [5.74, 6) is -0.292. The molecule has 5 rings (SSSR count). The first kappa shape index (κ1) is 18.9. The number of nitrogens with two attached hydrogens (primary N) is 1. The molecular weight excluding hydrogens is 408 g/mol. The molecule has 2 aliphatic rings. The minimum absolute atomic E-state index is 0.0398. The van der Waals surface area contributed by atoms with Gasteiger partial charge in [0, 0.05) is 22.1 Å². The molecule has 0 saturated carbocycles. The lowest BCUT2D eigenvalue weighted by atomic mass is 9.89. The molecule has 29 heavy (non-hydrogen) atoms. The van der Waals surface area contributed by atoms with Crippen molar-refractivity contribution >= 4 is 45.0 Å².